The van der Waals surface area contributed by atoms with Gasteiger partial charge in [-0.3, -0.25) is 9.36 Å². The predicted molar refractivity (Wildman–Crippen MR) is 119 cm³/mol. The molecule has 0 fully saturated rings. The van der Waals surface area contributed by atoms with Crippen LogP contribution in [0.5, 0.6) is 5.75 Å². The maximum Gasteiger partial charge on any atom is 0.262 e. The number of ether oxygens (including phenoxy) is 1. The van der Waals surface area contributed by atoms with E-state index in [4.69, 9.17) is 4.74 Å². The van der Waals surface area contributed by atoms with Crippen LogP contribution in [0.2, 0.25) is 0 Å². The number of rotatable bonds is 8. The lowest BCUT2D eigenvalue weighted by atomic mass is 10.0. The third kappa shape index (κ3) is 5.00. The van der Waals surface area contributed by atoms with Gasteiger partial charge >= 0.3 is 0 Å². The minimum absolute atomic E-state index is 0.0200. The molecule has 0 amide bonds. The van der Waals surface area contributed by atoms with Crippen molar-refractivity contribution in [2.75, 3.05) is 12.4 Å². The molecule has 1 atom stereocenters. The van der Waals surface area contributed by atoms with Gasteiger partial charge in [0.05, 0.1) is 17.0 Å². The highest BCUT2D eigenvalue weighted by Crippen LogP contribution is 2.26. The number of hydrogen-bond acceptors (Lipinski definition) is 5. The van der Waals surface area contributed by atoms with Crippen LogP contribution in [0, 0.1) is 0 Å². The highest BCUT2D eigenvalue weighted by molar-refractivity contribution is 7.99. The van der Waals surface area contributed by atoms with E-state index in [0.717, 1.165) is 11.3 Å². The molecule has 0 spiro atoms. The Morgan fingerprint density at radius 3 is 2.48 bits per heavy atom. The summed E-state index contributed by atoms with van der Waals surface area (Å²) >= 11 is 1.38. The fourth-order valence-corrected chi connectivity index (χ4v) is 4.21. The Bertz CT molecular complexity index is 1030. The van der Waals surface area contributed by atoms with Crippen LogP contribution in [0.3, 0.4) is 0 Å². The van der Waals surface area contributed by atoms with Gasteiger partial charge in [-0.2, -0.15) is 0 Å². The summed E-state index contributed by atoms with van der Waals surface area (Å²) in [7, 11) is 0. The minimum Gasteiger partial charge on any atom is -0.491 e. The second-order valence-corrected chi connectivity index (χ2v) is 8.64. The van der Waals surface area contributed by atoms with Crippen molar-refractivity contribution in [2.45, 2.75) is 50.9 Å². The Balaban J connectivity index is 1.72. The molecule has 3 aromatic rings. The SMILES string of the molecule is CC(C)c1ccccc1OC[C@H](O)CSc1nc2ccccc2c(=O)n1C(C)C. The van der Waals surface area contributed by atoms with Gasteiger partial charge in [0.15, 0.2) is 5.16 Å². The summed E-state index contributed by atoms with van der Waals surface area (Å²) in [6.07, 6.45) is -0.677. The third-order valence-electron chi connectivity index (χ3n) is 4.67. The normalized spacial score (nSPS) is 12.7. The van der Waals surface area contributed by atoms with Gasteiger partial charge in [0.1, 0.15) is 12.4 Å². The maximum absolute atomic E-state index is 12.9. The Morgan fingerprint density at radius 2 is 1.76 bits per heavy atom. The molecule has 0 bridgehead atoms. The molecule has 0 saturated carbocycles. The summed E-state index contributed by atoms with van der Waals surface area (Å²) in [5.74, 6) is 1.54. The summed E-state index contributed by atoms with van der Waals surface area (Å²) in [5.41, 5.74) is 1.75. The molecule has 1 N–H and O–H groups in total. The molecule has 0 aliphatic rings. The van der Waals surface area contributed by atoms with Crippen molar-refractivity contribution in [3.63, 3.8) is 0 Å². The Morgan fingerprint density at radius 1 is 1.07 bits per heavy atom. The van der Waals surface area contributed by atoms with Gasteiger partial charge in [0.2, 0.25) is 0 Å². The lowest BCUT2D eigenvalue weighted by Crippen LogP contribution is -2.26. The number of aliphatic hydroxyl groups excluding tert-OH is 1. The number of hydrogen-bond donors (Lipinski definition) is 1. The van der Waals surface area contributed by atoms with Gasteiger partial charge in [-0.05, 0) is 43.5 Å². The summed E-state index contributed by atoms with van der Waals surface area (Å²) in [5, 5.41) is 11.7. The number of nitrogens with zero attached hydrogens (tertiary/aromatic N) is 2. The number of benzene rings is 2. The van der Waals surface area contributed by atoms with Crippen molar-refractivity contribution in [3.05, 3.63) is 64.4 Å². The fourth-order valence-electron chi connectivity index (χ4n) is 3.18. The van der Waals surface area contributed by atoms with Gasteiger partial charge in [-0.25, -0.2) is 4.98 Å². The van der Waals surface area contributed by atoms with Crippen LogP contribution in [0.25, 0.3) is 10.9 Å². The zero-order valence-corrected chi connectivity index (χ0v) is 18.1. The van der Waals surface area contributed by atoms with Gasteiger partial charge in [0.25, 0.3) is 5.56 Å². The molecule has 3 rings (SSSR count). The smallest absolute Gasteiger partial charge is 0.262 e. The molecular formula is C23H28N2O3S. The second-order valence-electron chi connectivity index (χ2n) is 7.65. The van der Waals surface area contributed by atoms with Crippen LogP contribution in [0.1, 0.15) is 45.2 Å². The van der Waals surface area contributed by atoms with Crippen molar-refractivity contribution in [1.29, 1.82) is 0 Å². The summed E-state index contributed by atoms with van der Waals surface area (Å²) in [4.78, 5) is 17.5. The molecule has 1 aromatic heterocycles. The lowest BCUT2D eigenvalue weighted by molar-refractivity contribution is 0.125. The predicted octanol–water partition coefficient (Wildman–Crippen LogP) is 4.63. The number of para-hydroxylation sites is 2. The number of aromatic nitrogens is 2. The van der Waals surface area contributed by atoms with Crippen LogP contribution >= 0.6 is 11.8 Å². The summed E-state index contributed by atoms with van der Waals surface area (Å²) in [6.45, 7) is 8.35. The van der Waals surface area contributed by atoms with E-state index >= 15 is 0 Å². The molecule has 1 heterocycles. The molecule has 0 unspecified atom stereocenters. The zero-order chi connectivity index (χ0) is 21.0. The molecule has 5 nitrogen and oxygen atoms in total. The molecule has 0 radical (unpaired) electrons. The quantitative estimate of drug-likeness (QED) is 0.432. The van der Waals surface area contributed by atoms with Crippen molar-refractivity contribution in [2.24, 2.45) is 0 Å². The number of aliphatic hydroxyl groups is 1. The van der Waals surface area contributed by atoms with E-state index in [-0.39, 0.29) is 18.2 Å². The number of fused-ring (bicyclic) bond motifs is 1. The van der Waals surface area contributed by atoms with Crippen molar-refractivity contribution < 1.29 is 9.84 Å². The molecule has 2 aromatic carbocycles. The van der Waals surface area contributed by atoms with E-state index in [1.807, 2.05) is 56.3 Å². The van der Waals surface area contributed by atoms with E-state index in [1.54, 1.807) is 10.6 Å². The Hall–Kier alpha value is -2.31. The first kappa shape index (κ1) is 21.4. The molecule has 154 valence electrons. The second kappa shape index (κ2) is 9.46. The molecule has 0 aliphatic heterocycles. The van der Waals surface area contributed by atoms with Crippen molar-refractivity contribution in [3.8, 4) is 5.75 Å². The summed E-state index contributed by atoms with van der Waals surface area (Å²) < 4.78 is 7.56. The third-order valence-corrected chi connectivity index (χ3v) is 5.77. The Kier molecular flexibility index (Phi) is 6.98. The molecule has 0 aliphatic carbocycles. The largest absolute Gasteiger partial charge is 0.491 e. The molecule has 6 heteroatoms. The van der Waals surface area contributed by atoms with Gasteiger partial charge < -0.3 is 9.84 Å². The monoisotopic (exact) mass is 412 g/mol. The first-order chi connectivity index (χ1) is 13.9. The van der Waals surface area contributed by atoms with Crippen LogP contribution < -0.4 is 10.3 Å². The van der Waals surface area contributed by atoms with E-state index in [2.05, 4.69) is 18.8 Å². The molecule has 0 saturated heterocycles. The van der Waals surface area contributed by atoms with E-state index in [9.17, 15) is 9.90 Å². The minimum atomic E-state index is -0.677. The van der Waals surface area contributed by atoms with Gasteiger partial charge in [-0.1, -0.05) is 55.9 Å². The standard InChI is InChI=1S/C23H28N2O3S/c1-15(2)18-9-6-8-12-21(18)28-13-17(26)14-29-23-24-20-11-7-5-10-19(20)22(27)25(23)16(3)4/h5-12,15-17,26H,13-14H2,1-4H3/t17-/m0/s1. The van der Waals surface area contributed by atoms with Gasteiger partial charge in [0, 0.05) is 11.8 Å². The zero-order valence-electron chi connectivity index (χ0n) is 17.3. The molecule has 29 heavy (non-hydrogen) atoms. The average Bonchev–Trinajstić information content (AvgIpc) is 2.70. The topological polar surface area (TPSA) is 64.3 Å². The van der Waals surface area contributed by atoms with E-state index < -0.39 is 6.10 Å². The van der Waals surface area contributed by atoms with Crippen LogP contribution in [-0.4, -0.2) is 33.1 Å². The average molecular weight is 413 g/mol. The first-order valence-corrected chi connectivity index (χ1v) is 10.9. The van der Waals surface area contributed by atoms with Crippen LogP contribution in [-0.2, 0) is 0 Å². The summed E-state index contributed by atoms with van der Waals surface area (Å²) in [6, 6.07) is 15.2. The number of thioether (sulfide) groups is 1. The fraction of sp³-hybridized carbons (Fsp3) is 0.391. The van der Waals surface area contributed by atoms with Crippen LogP contribution in [0.15, 0.2) is 58.5 Å². The maximum atomic E-state index is 12.9. The van der Waals surface area contributed by atoms with E-state index in [1.165, 1.54) is 11.8 Å². The van der Waals surface area contributed by atoms with E-state index in [0.29, 0.717) is 27.7 Å². The van der Waals surface area contributed by atoms with Crippen molar-refractivity contribution >= 4 is 22.7 Å². The van der Waals surface area contributed by atoms with Crippen LogP contribution in [0.4, 0.5) is 0 Å². The van der Waals surface area contributed by atoms with Crippen molar-refractivity contribution in [1.82, 2.24) is 9.55 Å². The lowest BCUT2D eigenvalue weighted by Gasteiger charge is -2.18. The van der Waals surface area contributed by atoms with Gasteiger partial charge in [-0.15, -0.1) is 0 Å². The molecular weight excluding hydrogens is 384 g/mol. The Labute approximate surface area is 175 Å². The highest BCUT2D eigenvalue weighted by atomic mass is 32.2. The first-order valence-electron chi connectivity index (χ1n) is 9.92. The highest BCUT2D eigenvalue weighted by Gasteiger charge is 2.16.